The standard InChI is InChI=1S/C23H21F3N2O5/c1-12(2)22(21(31)32)17-16(19(29)28(20(17)30)14-8-4-3-5-9-14)18(27-22)13-7-6-10-15(11-13)33-23(24,25)26/h3-12,16-18,27H,1-2H3,(H,31,32). The number of aliphatic carboxylic acids is 1. The first-order valence-corrected chi connectivity index (χ1v) is 10.3. The van der Waals surface area contributed by atoms with Crippen LogP contribution in [0.5, 0.6) is 5.75 Å². The zero-order valence-corrected chi connectivity index (χ0v) is 17.7. The molecular formula is C23H21F3N2O5. The van der Waals surface area contributed by atoms with Gasteiger partial charge in [-0.25, -0.2) is 4.90 Å². The van der Waals surface area contributed by atoms with Gasteiger partial charge >= 0.3 is 12.3 Å². The minimum atomic E-state index is -4.92. The Morgan fingerprint density at radius 1 is 1.09 bits per heavy atom. The van der Waals surface area contributed by atoms with Crippen LogP contribution in [0.4, 0.5) is 18.9 Å². The van der Waals surface area contributed by atoms with Crippen LogP contribution < -0.4 is 15.0 Å². The number of para-hydroxylation sites is 1. The van der Waals surface area contributed by atoms with Gasteiger partial charge in [0, 0.05) is 6.04 Å². The van der Waals surface area contributed by atoms with E-state index in [4.69, 9.17) is 0 Å². The summed E-state index contributed by atoms with van der Waals surface area (Å²) in [5.74, 6) is -6.09. The lowest BCUT2D eigenvalue weighted by Crippen LogP contribution is -2.59. The van der Waals surface area contributed by atoms with E-state index in [9.17, 15) is 32.7 Å². The van der Waals surface area contributed by atoms with Crippen LogP contribution in [0.3, 0.4) is 0 Å². The van der Waals surface area contributed by atoms with Gasteiger partial charge in [-0.2, -0.15) is 0 Å². The molecule has 10 heteroatoms. The quantitative estimate of drug-likeness (QED) is 0.661. The number of fused-ring (bicyclic) bond motifs is 1. The van der Waals surface area contributed by atoms with Gasteiger partial charge in [0.15, 0.2) is 0 Å². The first-order valence-electron chi connectivity index (χ1n) is 10.3. The predicted octanol–water partition coefficient (Wildman–Crippen LogP) is 3.51. The van der Waals surface area contributed by atoms with Crippen LogP contribution in [0.2, 0.25) is 0 Å². The number of hydrogen-bond acceptors (Lipinski definition) is 5. The van der Waals surface area contributed by atoms with Crippen molar-refractivity contribution in [1.82, 2.24) is 5.32 Å². The minimum Gasteiger partial charge on any atom is -0.480 e. The monoisotopic (exact) mass is 462 g/mol. The van der Waals surface area contributed by atoms with Crippen molar-refractivity contribution >= 4 is 23.5 Å². The fraction of sp³-hybridized carbons (Fsp3) is 0.348. The van der Waals surface area contributed by atoms with Gasteiger partial charge in [-0.1, -0.05) is 44.2 Å². The van der Waals surface area contributed by atoms with E-state index in [0.717, 1.165) is 17.0 Å². The second-order valence-corrected chi connectivity index (χ2v) is 8.42. The Morgan fingerprint density at radius 2 is 1.76 bits per heavy atom. The van der Waals surface area contributed by atoms with E-state index in [2.05, 4.69) is 10.1 Å². The van der Waals surface area contributed by atoms with Crippen LogP contribution in [0.15, 0.2) is 54.6 Å². The topological polar surface area (TPSA) is 95.9 Å². The number of carbonyl (C=O) groups is 3. The molecule has 0 spiro atoms. The van der Waals surface area contributed by atoms with Crippen molar-refractivity contribution in [2.24, 2.45) is 17.8 Å². The first-order chi connectivity index (χ1) is 15.5. The number of benzene rings is 2. The normalized spacial score (nSPS) is 27.2. The molecule has 2 amide bonds. The number of ether oxygens (including phenoxy) is 1. The van der Waals surface area contributed by atoms with Crippen LogP contribution >= 0.6 is 0 Å². The van der Waals surface area contributed by atoms with E-state index in [1.165, 1.54) is 12.1 Å². The maximum absolute atomic E-state index is 13.5. The van der Waals surface area contributed by atoms with Crippen LogP contribution in [-0.2, 0) is 14.4 Å². The van der Waals surface area contributed by atoms with Gasteiger partial charge in [0.05, 0.1) is 17.5 Å². The van der Waals surface area contributed by atoms with Gasteiger partial charge < -0.3 is 9.84 Å². The number of carboxylic acid groups (broad SMARTS) is 1. The molecule has 4 atom stereocenters. The number of carbonyl (C=O) groups excluding carboxylic acids is 2. The molecule has 7 nitrogen and oxygen atoms in total. The molecule has 2 aliphatic rings. The lowest BCUT2D eigenvalue weighted by atomic mass is 9.73. The highest BCUT2D eigenvalue weighted by molar-refractivity contribution is 6.24. The molecule has 2 aliphatic heterocycles. The number of hydrogen-bond donors (Lipinski definition) is 2. The SMILES string of the molecule is CC(C)C1(C(=O)O)NC(c2cccc(OC(F)(F)F)c2)C2C(=O)N(c3ccccc3)C(=O)C21. The van der Waals surface area contributed by atoms with Crippen LogP contribution in [0.1, 0.15) is 25.5 Å². The Balaban J connectivity index is 1.84. The molecule has 2 saturated heterocycles. The maximum Gasteiger partial charge on any atom is 0.573 e. The second kappa shape index (κ2) is 7.87. The van der Waals surface area contributed by atoms with Gasteiger partial charge in [-0.05, 0) is 35.7 Å². The number of rotatable bonds is 5. The van der Waals surface area contributed by atoms with E-state index < -0.39 is 59.2 Å². The molecule has 2 heterocycles. The highest BCUT2D eigenvalue weighted by atomic mass is 19.4. The van der Waals surface area contributed by atoms with Crippen molar-refractivity contribution in [3.63, 3.8) is 0 Å². The predicted molar refractivity (Wildman–Crippen MR) is 110 cm³/mol. The van der Waals surface area contributed by atoms with E-state index in [-0.39, 0.29) is 5.56 Å². The fourth-order valence-corrected chi connectivity index (χ4v) is 4.94. The summed E-state index contributed by atoms with van der Waals surface area (Å²) in [6, 6.07) is 12.1. The lowest BCUT2D eigenvalue weighted by Gasteiger charge is -2.34. The smallest absolute Gasteiger partial charge is 0.480 e. The molecular weight excluding hydrogens is 441 g/mol. The Hall–Kier alpha value is -3.40. The Labute approximate surface area is 187 Å². The molecule has 174 valence electrons. The van der Waals surface area contributed by atoms with Crippen molar-refractivity contribution in [2.75, 3.05) is 4.90 Å². The highest BCUT2D eigenvalue weighted by Gasteiger charge is 2.69. The summed E-state index contributed by atoms with van der Waals surface area (Å²) in [5.41, 5.74) is -1.28. The average Bonchev–Trinajstić information content (AvgIpc) is 3.23. The summed E-state index contributed by atoms with van der Waals surface area (Å²) in [6.45, 7) is 3.24. The van der Waals surface area contributed by atoms with Gasteiger partial charge in [0.2, 0.25) is 11.8 Å². The van der Waals surface area contributed by atoms with E-state index in [1.807, 2.05) is 0 Å². The molecule has 0 aliphatic carbocycles. The molecule has 0 radical (unpaired) electrons. The molecule has 33 heavy (non-hydrogen) atoms. The number of anilines is 1. The molecule has 2 N–H and O–H groups in total. The number of amides is 2. The number of nitrogens with one attached hydrogen (secondary N) is 1. The van der Waals surface area contributed by atoms with Crippen LogP contribution in [0, 0.1) is 17.8 Å². The molecule has 4 unspecified atom stereocenters. The fourth-order valence-electron chi connectivity index (χ4n) is 4.94. The average molecular weight is 462 g/mol. The number of nitrogens with zero attached hydrogens (tertiary/aromatic N) is 1. The first kappa shape index (κ1) is 22.8. The molecule has 2 aromatic rings. The third-order valence-corrected chi connectivity index (χ3v) is 6.32. The number of imide groups is 1. The molecule has 2 fully saturated rings. The third-order valence-electron chi connectivity index (χ3n) is 6.32. The number of carboxylic acids is 1. The number of halogens is 3. The molecule has 0 saturated carbocycles. The molecule has 0 aromatic heterocycles. The van der Waals surface area contributed by atoms with Gasteiger partial charge in [0.25, 0.3) is 0 Å². The summed E-state index contributed by atoms with van der Waals surface area (Å²) in [5, 5.41) is 13.1. The van der Waals surface area contributed by atoms with Crippen molar-refractivity contribution in [1.29, 1.82) is 0 Å². The van der Waals surface area contributed by atoms with Gasteiger partial charge in [0.1, 0.15) is 11.3 Å². The van der Waals surface area contributed by atoms with Crippen LogP contribution in [0.25, 0.3) is 0 Å². The summed E-state index contributed by atoms with van der Waals surface area (Å²) in [7, 11) is 0. The third kappa shape index (κ3) is 3.64. The van der Waals surface area contributed by atoms with E-state index in [1.54, 1.807) is 44.2 Å². The van der Waals surface area contributed by atoms with Crippen LogP contribution in [-0.4, -0.2) is 34.8 Å². The highest BCUT2D eigenvalue weighted by Crippen LogP contribution is 2.52. The summed E-state index contributed by atoms with van der Waals surface area (Å²) in [6.07, 6.45) is -4.92. The minimum absolute atomic E-state index is 0.214. The van der Waals surface area contributed by atoms with Crippen molar-refractivity contribution < 1.29 is 37.4 Å². The van der Waals surface area contributed by atoms with E-state index in [0.29, 0.717) is 5.69 Å². The zero-order chi connectivity index (χ0) is 24.1. The Morgan fingerprint density at radius 3 is 2.33 bits per heavy atom. The largest absolute Gasteiger partial charge is 0.573 e. The van der Waals surface area contributed by atoms with E-state index >= 15 is 0 Å². The Kier molecular flexibility index (Phi) is 5.44. The summed E-state index contributed by atoms with van der Waals surface area (Å²) < 4.78 is 42.2. The molecule has 0 bridgehead atoms. The van der Waals surface area contributed by atoms with Crippen molar-refractivity contribution in [3.8, 4) is 5.75 Å². The number of alkyl halides is 3. The van der Waals surface area contributed by atoms with Gasteiger partial charge in [-0.3, -0.25) is 19.7 Å². The summed E-state index contributed by atoms with van der Waals surface area (Å²) in [4.78, 5) is 40.5. The second-order valence-electron chi connectivity index (χ2n) is 8.42. The Bertz CT molecular complexity index is 1100. The lowest BCUT2D eigenvalue weighted by molar-refractivity contribution is -0.274. The summed E-state index contributed by atoms with van der Waals surface area (Å²) >= 11 is 0. The van der Waals surface area contributed by atoms with Crippen molar-refractivity contribution in [3.05, 3.63) is 60.2 Å². The zero-order valence-electron chi connectivity index (χ0n) is 17.7. The van der Waals surface area contributed by atoms with Crippen molar-refractivity contribution in [2.45, 2.75) is 31.8 Å². The molecule has 4 rings (SSSR count). The van der Waals surface area contributed by atoms with Gasteiger partial charge in [-0.15, -0.1) is 13.2 Å². The molecule has 2 aromatic carbocycles. The maximum atomic E-state index is 13.5.